The van der Waals surface area contributed by atoms with Crippen LogP contribution in [0, 0.1) is 23.0 Å². The Balaban J connectivity index is 1.80. The zero-order valence-corrected chi connectivity index (χ0v) is 11.4. The van der Waals surface area contributed by atoms with Gasteiger partial charge in [0.25, 0.3) is 0 Å². The highest BCUT2D eigenvalue weighted by Crippen LogP contribution is 2.62. The second kappa shape index (κ2) is 3.44. The maximum absolute atomic E-state index is 5.47. The molecule has 94 valence electrons. The summed E-state index contributed by atoms with van der Waals surface area (Å²) in [5, 5.41) is 0. The summed E-state index contributed by atoms with van der Waals surface area (Å²) in [5.41, 5.74) is 3.83. The highest BCUT2D eigenvalue weighted by atomic mass is 32.1. The predicted octanol–water partition coefficient (Wildman–Crippen LogP) is 3.59. The minimum absolute atomic E-state index is 0.555. The SMILES string of the molecule is Cc1cnc2c(c1)[nH]c(=S)n2CC1(C2CC2)CC1. The van der Waals surface area contributed by atoms with E-state index in [0.717, 1.165) is 28.4 Å². The van der Waals surface area contributed by atoms with Crippen molar-refractivity contribution in [3.63, 3.8) is 0 Å². The maximum atomic E-state index is 5.47. The lowest BCUT2D eigenvalue weighted by molar-refractivity contribution is 0.372. The number of pyridine rings is 1. The molecule has 0 bridgehead atoms. The monoisotopic (exact) mass is 259 g/mol. The molecule has 0 aromatic carbocycles. The minimum Gasteiger partial charge on any atom is -0.329 e. The van der Waals surface area contributed by atoms with Crippen LogP contribution in [0.2, 0.25) is 0 Å². The van der Waals surface area contributed by atoms with Gasteiger partial charge in [0, 0.05) is 12.7 Å². The van der Waals surface area contributed by atoms with Gasteiger partial charge in [-0.2, -0.15) is 0 Å². The molecular formula is C14H17N3S. The van der Waals surface area contributed by atoms with Crippen molar-refractivity contribution in [3.05, 3.63) is 22.6 Å². The van der Waals surface area contributed by atoms with Crippen LogP contribution in [-0.4, -0.2) is 14.5 Å². The lowest BCUT2D eigenvalue weighted by atomic mass is 10.0. The van der Waals surface area contributed by atoms with Gasteiger partial charge in [0.1, 0.15) is 0 Å². The van der Waals surface area contributed by atoms with Gasteiger partial charge in [-0.1, -0.05) is 0 Å². The number of hydrogen-bond donors (Lipinski definition) is 1. The molecule has 4 heteroatoms. The highest BCUT2D eigenvalue weighted by molar-refractivity contribution is 7.71. The van der Waals surface area contributed by atoms with E-state index in [4.69, 9.17) is 12.2 Å². The molecule has 4 rings (SSSR count). The molecule has 0 spiro atoms. The Hall–Kier alpha value is -1.16. The number of aromatic amines is 1. The first-order valence-corrected chi connectivity index (χ1v) is 7.14. The van der Waals surface area contributed by atoms with Crippen molar-refractivity contribution in [2.24, 2.45) is 11.3 Å². The lowest BCUT2D eigenvalue weighted by Gasteiger charge is -2.15. The van der Waals surface area contributed by atoms with Crippen LogP contribution in [0.3, 0.4) is 0 Å². The number of H-pyrrole nitrogens is 1. The summed E-state index contributed by atoms with van der Waals surface area (Å²) in [4.78, 5) is 7.85. The van der Waals surface area contributed by atoms with Gasteiger partial charge in [0.15, 0.2) is 10.4 Å². The fourth-order valence-electron chi connectivity index (χ4n) is 3.16. The maximum Gasteiger partial charge on any atom is 0.179 e. The summed E-state index contributed by atoms with van der Waals surface area (Å²) in [6.45, 7) is 3.12. The van der Waals surface area contributed by atoms with E-state index in [9.17, 15) is 0 Å². The average molecular weight is 259 g/mol. The van der Waals surface area contributed by atoms with Crippen LogP contribution in [0.25, 0.3) is 11.2 Å². The molecule has 3 nitrogen and oxygen atoms in total. The third kappa shape index (κ3) is 1.55. The van der Waals surface area contributed by atoms with Crippen molar-refractivity contribution in [1.82, 2.24) is 14.5 Å². The van der Waals surface area contributed by atoms with E-state index in [1.807, 2.05) is 6.20 Å². The van der Waals surface area contributed by atoms with E-state index < -0.39 is 0 Å². The summed E-state index contributed by atoms with van der Waals surface area (Å²) < 4.78 is 3.05. The van der Waals surface area contributed by atoms with Crippen molar-refractivity contribution in [2.45, 2.75) is 39.2 Å². The van der Waals surface area contributed by atoms with Crippen LogP contribution >= 0.6 is 12.2 Å². The van der Waals surface area contributed by atoms with Gasteiger partial charge in [-0.05, 0) is 67.8 Å². The predicted molar refractivity (Wildman–Crippen MR) is 74.0 cm³/mol. The molecule has 0 radical (unpaired) electrons. The molecule has 2 aliphatic rings. The fourth-order valence-corrected chi connectivity index (χ4v) is 3.42. The molecule has 1 N–H and O–H groups in total. The summed E-state index contributed by atoms with van der Waals surface area (Å²) in [5.74, 6) is 0.954. The Labute approximate surface area is 111 Å². The highest BCUT2D eigenvalue weighted by Gasteiger charge is 2.53. The first kappa shape index (κ1) is 10.7. The molecule has 2 saturated carbocycles. The van der Waals surface area contributed by atoms with Crippen LogP contribution in [0.4, 0.5) is 0 Å². The third-order valence-corrected chi connectivity index (χ3v) is 4.88. The molecule has 0 saturated heterocycles. The van der Waals surface area contributed by atoms with Gasteiger partial charge in [0.05, 0.1) is 5.52 Å². The first-order chi connectivity index (χ1) is 8.68. The molecule has 2 aliphatic carbocycles. The van der Waals surface area contributed by atoms with Crippen LogP contribution in [0.15, 0.2) is 12.3 Å². The van der Waals surface area contributed by atoms with Crippen molar-refractivity contribution in [2.75, 3.05) is 0 Å². The Morgan fingerprint density at radius 2 is 2.28 bits per heavy atom. The first-order valence-electron chi connectivity index (χ1n) is 6.73. The van der Waals surface area contributed by atoms with Gasteiger partial charge in [-0.3, -0.25) is 0 Å². The summed E-state index contributed by atoms with van der Waals surface area (Å²) in [6, 6.07) is 2.13. The number of fused-ring (bicyclic) bond motifs is 1. The fraction of sp³-hybridized carbons (Fsp3) is 0.571. The number of aryl methyl sites for hydroxylation is 1. The second-order valence-electron chi connectivity index (χ2n) is 6.04. The second-order valence-corrected chi connectivity index (χ2v) is 6.42. The molecule has 0 unspecified atom stereocenters. The van der Waals surface area contributed by atoms with E-state index in [0.29, 0.717) is 5.41 Å². The number of imidazole rings is 1. The number of rotatable bonds is 3. The molecule has 2 aromatic rings. The van der Waals surface area contributed by atoms with Gasteiger partial charge < -0.3 is 9.55 Å². The van der Waals surface area contributed by atoms with Crippen molar-refractivity contribution >= 4 is 23.4 Å². The van der Waals surface area contributed by atoms with E-state index in [1.165, 1.54) is 31.2 Å². The van der Waals surface area contributed by atoms with Gasteiger partial charge in [-0.15, -0.1) is 0 Å². The van der Waals surface area contributed by atoms with Crippen molar-refractivity contribution < 1.29 is 0 Å². The Kier molecular flexibility index (Phi) is 2.05. The Morgan fingerprint density at radius 3 is 2.94 bits per heavy atom. The normalized spacial score (nSPS) is 21.4. The standard InChI is InChI=1S/C14H17N3S/c1-9-6-11-12(15-7-9)17(13(18)16-11)8-14(4-5-14)10-2-3-10/h6-7,10H,2-5,8H2,1H3,(H,16,18). The molecule has 2 fully saturated rings. The van der Waals surface area contributed by atoms with E-state index in [2.05, 4.69) is 27.5 Å². The van der Waals surface area contributed by atoms with Crippen LogP contribution in [-0.2, 0) is 6.54 Å². The van der Waals surface area contributed by atoms with E-state index in [1.54, 1.807) is 0 Å². The lowest BCUT2D eigenvalue weighted by Crippen LogP contribution is -2.14. The Morgan fingerprint density at radius 1 is 1.50 bits per heavy atom. The number of nitrogens with zero attached hydrogens (tertiary/aromatic N) is 2. The summed E-state index contributed by atoms with van der Waals surface area (Å²) in [7, 11) is 0. The average Bonchev–Trinajstić information content (AvgIpc) is 3.20. The molecule has 0 aliphatic heterocycles. The summed E-state index contributed by atoms with van der Waals surface area (Å²) >= 11 is 5.47. The van der Waals surface area contributed by atoms with E-state index in [-0.39, 0.29) is 0 Å². The number of aromatic nitrogens is 3. The third-order valence-electron chi connectivity index (χ3n) is 4.55. The van der Waals surface area contributed by atoms with Gasteiger partial charge >= 0.3 is 0 Å². The zero-order valence-electron chi connectivity index (χ0n) is 10.6. The molecule has 0 atom stereocenters. The molecule has 0 amide bonds. The Bertz CT molecular complexity index is 674. The van der Waals surface area contributed by atoms with E-state index >= 15 is 0 Å². The number of hydrogen-bond acceptors (Lipinski definition) is 2. The molecular weight excluding hydrogens is 242 g/mol. The van der Waals surface area contributed by atoms with Gasteiger partial charge in [0.2, 0.25) is 0 Å². The van der Waals surface area contributed by atoms with Crippen molar-refractivity contribution in [3.8, 4) is 0 Å². The smallest absolute Gasteiger partial charge is 0.179 e. The summed E-state index contributed by atoms with van der Waals surface area (Å²) in [6.07, 6.45) is 7.51. The number of nitrogens with one attached hydrogen (secondary N) is 1. The zero-order chi connectivity index (χ0) is 12.3. The molecule has 2 aromatic heterocycles. The van der Waals surface area contributed by atoms with Crippen LogP contribution in [0.5, 0.6) is 0 Å². The minimum atomic E-state index is 0.555. The quantitative estimate of drug-likeness (QED) is 0.855. The van der Waals surface area contributed by atoms with Crippen LogP contribution < -0.4 is 0 Å². The largest absolute Gasteiger partial charge is 0.329 e. The van der Waals surface area contributed by atoms with Crippen LogP contribution in [0.1, 0.15) is 31.2 Å². The molecule has 18 heavy (non-hydrogen) atoms. The molecule has 2 heterocycles. The topological polar surface area (TPSA) is 33.6 Å². The van der Waals surface area contributed by atoms with Crippen molar-refractivity contribution in [1.29, 1.82) is 0 Å². The van der Waals surface area contributed by atoms with Gasteiger partial charge in [-0.25, -0.2) is 4.98 Å².